The van der Waals surface area contributed by atoms with Crippen LogP contribution in [0.25, 0.3) is 22.2 Å². The third kappa shape index (κ3) is 4.03. The average molecular weight is 495 g/mol. The number of primary sulfonamides is 1. The zero-order chi connectivity index (χ0) is 23.2. The van der Waals surface area contributed by atoms with Crippen LogP contribution in [0.15, 0.2) is 41.3 Å². The van der Waals surface area contributed by atoms with Crippen molar-refractivity contribution in [3.05, 3.63) is 52.5 Å². The highest BCUT2D eigenvalue weighted by Crippen LogP contribution is 2.43. The van der Waals surface area contributed by atoms with Crippen molar-refractivity contribution < 1.29 is 23.1 Å². The van der Waals surface area contributed by atoms with Crippen LogP contribution in [0.3, 0.4) is 0 Å². The Labute approximate surface area is 194 Å². The van der Waals surface area contributed by atoms with Gasteiger partial charge in [-0.1, -0.05) is 35.9 Å². The maximum absolute atomic E-state index is 12.8. The Morgan fingerprint density at radius 3 is 2.34 bits per heavy atom. The van der Waals surface area contributed by atoms with Gasteiger partial charge in [0, 0.05) is 21.8 Å². The number of carbonyl (C=O) groups is 2. The van der Waals surface area contributed by atoms with E-state index in [1.165, 1.54) is 12.1 Å². The Kier molecular flexibility index (Phi) is 6.06. The number of rotatable bonds is 5. The van der Waals surface area contributed by atoms with E-state index in [2.05, 4.69) is 4.98 Å². The third-order valence-electron chi connectivity index (χ3n) is 5.89. The van der Waals surface area contributed by atoms with Crippen LogP contribution in [0.5, 0.6) is 0 Å². The number of hydrogen-bond donors (Lipinski definition) is 3. The van der Waals surface area contributed by atoms with Crippen molar-refractivity contribution in [2.75, 3.05) is 0 Å². The number of ketones is 1. The highest BCUT2D eigenvalue weighted by atomic mass is 35.5. The molecular weight excluding hydrogens is 475 g/mol. The number of nitrogens with two attached hydrogens (primary N) is 1. The molecule has 7 nitrogen and oxygen atoms in total. The number of aromatic nitrogens is 1. The second kappa shape index (κ2) is 8.51. The van der Waals surface area contributed by atoms with Gasteiger partial charge in [-0.05, 0) is 49.3 Å². The van der Waals surface area contributed by atoms with Crippen LogP contribution >= 0.6 is 23.2 Å². The highest BCUT2D eigenvalue weighted by Gasteiger charge is 2.32. The van der Waals surface area contributed by atoms with Crippen molar-refractivity contribution >= 4 is 55.9 Å². The van der Waals surface area contributed by atoms with Crippen molar-refractivity contribution in [2.24, 2.45) is 5.14 Å². The number of carboxylic acids is 1. The van der Waals surface area contributed by atoms with Crippen LogP contribution in [0, 0.1) is 0 Å². The molecule has 0 radical (unpaired) electrons. The van der Waals surface area contributed by atoms with Crippen LogP contribution in [0.4, 0.5) is 0 Å². The minimum atomic E-state index is -4.23. The van der Waals surface area contributed by atoms with Crippen LogP contribution in [-0.4, -0.2) is 35.6 Å². The summed E-state index contributed by atoms with van der Waals surface area (Å²) in [5, 5.41) is 15.5. The van der Waals surface area contributed by atoms with Crippen LogP contribution in [0.1, 0.15) is 47.5 Å². The lowest BCUT2D eigenvalue weighted by atomic mass is 9.83. The number of nitrogens with one attached hydrogen (secondary N) is 1. The normalized spacial score (nSPS) is 19.2. The molecule has 0 amide bonds. The van der Waals surface area contributed by atoms with E-state index in [4.69, 9.17) is 28.3 Å². The summed E-state index contributed by atoms with van der Waals surface area (Å²) in [6.07, 6.45) is 2.87. The fourth-order valence-electron chi connectivity index (χ4n) is 4.50. The van der Waals surface area contributed by atoms with Gasteiger partial charge < -0.3 is 10.1 Å². The smallest absolute Gasteiger partial charge is 0.377 e. The minimum absolute atomic E-state index is 0.0444. The maximum atomic E-state index is 12.8. The van der Waals surface area contributed by atoms with E-state index in [0.717, 1.165) is 12.8 Å². The second-order valence-corrected chi connectivity index (χ2v) is 10.4. The van der Waals surface area contributed by atoms with Crippen molar-refractivity contribution in [2.45, 2.75) is 41.9 Å². The molecule has 10 heteroatoms. The lowest BCUT2D eigenvalue weighted by Crippen LogP contribution is -2.21. The summed E-state index contributed by atoms with van der Waals surface area (Å²) in [7, 11) is -4.23. The molecule has 2 aromatic carbocycles. The molecule has 4 rings (SSSR count). The molecule has 1 aliphatic rings. The van der Waals surface area contributed by atoms with Gasteiger partial charge in [0.25, 0.3) is 5.78 Å². The van der Waals surface area contributed by atoms with Gasteiger partial charge in [-0.15, -0.1) is 11.6 Å². The van der Waals surface area contributed by atoms with Crippen LogP contribution in [-0.2, 0) is 14.8 Å². The number of alkyl halides is 1. The Balaban J connectivity index is 2.04. The zero-order valence-corrected chi connectivity index (χ0v) is 19.1. The Morgan fingerprint density at radius 1 is 1.06 bits per heavy atom. The van der Waals surface area contributed by atoms with Crippen molar-refractivity contribution in [1.29, 1.82) is 0 Å². The molecule has 168 valence electrons. The number of fused-ring (bicyclic) bond motifs is 1. The Bertz CT molecular complexity index is 1340. The first-order valence-corrected chi connectivity index (χ1v) is 12.3. The number of aromatic amines is 1. The van der Waals surface area contributed by atoms with E-state index in [1.807, 2.05) is 0 Å². The second-order valence-electron chi connectivity index (χ2n) is 7.89. The SMILES string of the molecule is NS(=O)(=O)c1c(-c2[nH]c3cccc(Cl)c3c2C(=O)C(=O)O)cccc1C1CCC(Cl)CC1. The molecule has 0 spiro atoms. The lowest BCUT2D eigenvalue weighted by Gasteiger charge is -2.27. The molecule has 0 bridgehead atoms. The fourth-order valence-corrected chi connectivity index (χ4v) is 6.06. The molecule has 0 atom stereocenters. The van der Waals surface area contributed by atoms with Crippen molar-refractivity contribution in [3.63, 3.8) is 0 Å². The quantitative estimate of drug-likeness (QED) is 0.269. The fraction of sp³-hybridized carbons (Fsp3) is 0.273. The molecule has 32 heavy (non-hydrogen) atoms. The van der Waals surface area contributed by atoms with E-state index >= 15 is 0 Å². The Morgan fingerprint density at radius 2 is 1.72 bits per heavy atom. The molecule has 1 aliphatic carbocycles. The highest BCUT2D eigenvalue weighted by molar-refractivity contribution is 7.89. The van der Waals surface area contributed by atoms with Gasteiger partial charge in [0.1, 0.15) is 0 Å². The topological polar surface area (TPSA) is 130 Å². The molecule has 1 fully saturated rings. The van der Waals surface area contributed by atoms with Crippen molar-refractivity contribution in [3.8, 4) is 11.3 Å². The summed E-state index contributed by atoms with van der Waals surface area (Å²) in [6, 6.07) is 9.69. The molecular formula is C22H20Cl2N2O5S. The molecule has 1 aromatic heterocycles. The summed E-state index contributed by atoms with van der Waals surface area (Å²) in [4.78, 5) is 27.1. The van der Waals surface area contributed by atoms with Crippen LogP contribution in [0.2, 0.25) is 5.02 Å². The number of hydrogen-bond acceptors (Lipinski definition) is 4. The predicted molar refractivity (Wildman–Crippen MR) is 123 cm³/mol. The predicted octanol–water partition coefficient (Wildman–Crippen LogP) is 4.67. The number of sulfonamides is 1. The summed E-state index contributed by atoms with van der Waals surface area (Å²) >= 11 is 12.5. The summed E-state index contributed by atoms with van der Waals surface area (Å²) in [5.74, 6) is -2.96. The molecule has 1 heterocycles. The number of Topliss-reactive ketones (excluding diaryl/α,β-unsaturated/α-hetero) is 1. The number of benzene rings is 2. The van der Waals surface area contributed by atoms with Gasteiger partial charge in [0.05, 0.1) is 21.2 Å². The number of carboxylic acid groups (broad SMARTS) is 1. The molecule has 0 aliphatic heterocycles. The summed E-state index contributed by atoms with van der Waals surface area (Å²) in [6.45, 7) is 0. The van der Waals surface area contributed by atoms with Gasteiger partial charge in [-0.3, -0.25) is 4.79 Å². The average Bonchev–Trinajstić information content (AvgIpc) is 3.13. The first kappa shape index (κ1) is 22.8. The molecule has 0 saturated heterocycles. The van der Waals surface area contributed by atoms with E-state index in [-0.39, 0.29) is 43.4 Å². The van der Waals surface area contributed by atoms with Gasteiger partial charge in [0.15, 0.2) is 0 Å². The standard InChI is InChI=1S/C22H20Cl2N2O5S/c23-12-9-7-11(8-10-12)13-3-1-4-14(21(13)32(25,30)31)19-18(20(27)22(28)29)17-15(24)5-2-6-16(17)26-19/h1-6,11-12,26H,7-10H2,(H,28,29)(H2,25,30,31). The molecule has 3 aromatic rings. The maximum Gasteiger partial charge on any atom is 0.377 e. The van der Waals surface area contributed by atoms with Crippen molar-refractivity contribution in [1.82, 2.24) is 4.98 Å². The summed E-state index contributed by atoms with van der Waals surface area (Å²) < 4.78 is 25.5. The van der Waals surface area contributed by atoms with Crippen LogP contribution < -0.4 is 5.14 Å². The van der Waals surface area contributed by atoms with Gasteiger partial charge in [-0.2, -0.15) is 0 Å². The van der Waals surface area contributed by atoms with E-state index in [9.17, 15) is 23.1 Å². The largest absolute Gasteiger partial charge is 0.475 e. The molecule has 4 N–H and O–H groups in total. The number of carbonyl (C=O) groups excluding carboxylic acids is 1. The molecule has 0 unspecified atom stereocenters. The molecule has 1 saturated carbocycles. The minimum Gasteiger partial charge on any atom is -0.475 e. The lowest BCUT2D eigenvalue weighted by molar-refractivity contribution is -0.131. The van der Waals surface area contributed by atoms with E-state index < -0.39 is 21.8 Å². The first-order chi connectivity index (χ1) is 15.1. The van der Waals surface area contributed by atoms with Gasteiger partial charge in [-0.25, -0.2) is 18.4 Å². The number of aliphatic carboxylic acids is 1. The van der Waals surface area contributed by atoms with Gasteiger partial charge in [0.2, 0.25) is 10.0 Å². The number of halogens is 2. The first-order valence-electron chi connectivity index (χ1n) is 9.97. The van der Waals surface area contributed by atoms with E-state index in [0.29, 0.717) is 23.9 Å². The number of H-pyrrole nitrogens is 1. The van der Waals surface area contributed by atoms with E-state index in [1.54, 1.807) is 24.3 Å². The third-order valence-corrected chi connectivity index (χ3v) is 7.67. The Hall–Kier alpha value is -2.39. The summed E-state index contributed by atoms with van der Waals surface area (Å²) in [5.41, 5.74) is 0.925. The monoisotopic (exact) mass is 494 g/mol. The zero-order valence-electron chi connectivity index (χ0n) is 16.8. The van der Waals surface area contributed by atoms with Gasteiger partial charge >= 0.3 is 5.97 Å².